The quantitative estimate of drug-likeness (QED) is 0.622. The number of nitriles is 1. The van der Waals surface area contributed by atoms with Crippen LogP contribution in [0.15, 0.2) is 72.8 Å². The fourth-order valence-corrected chi connectivity index (χ4v) is 7.54. The highest BCUT2D eigenvalue weighted by molar-refractivity contribution is 6.99. The minimum atomic E-state index is -2.46. The third kappa shape index (κ3) is 3.61. The van der Waals surface area contributed by atoms with Crippen molar-refractivity contribution in [2.75, 3.05) is 6.61 Å². The summed E-state index contributed by atoms with van der Waals surface area (Å²) in [5.74, 6) is 0. The Morgan fingerprint density at radius 2 is 1.43 bits per heavy atom. The van der Waals surface area contributed by atoms with Crippen LogP contribution in [0.3, 0.4) is 0 Å². The molecule has 0 radical (unpaired) electrons. The van der Waals surface area contributed by atoms with Gasteiger partial charge in [-0.3, -0.25) is 0 Å². The summed E-state index contributed by atoms with van der Waals surface area (Å²) in [6.07, 6.45) is 3.27. The van der Waals surface area contributed by atoms with Gasteiger partial charge in [0.05, 0.1) is 12.7 Å². The Morgan fingerprint density at radius 1 is 0.957 bits per heavy atom. The zero-order valence-electron chi connectivity index (χ0n) is 14.0. The first-order chi connectivity index (χ1) is 11.0. The largest absolute Gasteiger partial charge is 0.404 e. The van der Waals surface area contributed by atoms with E-state index in [-0.39, 0.29) is 5.04 Å². The van der Waals surface area contributed by atoms with Crippen molar-refractivity contribution in [3.63, 3.8) is 0 Å². The first-order valence-electron chi connectivity index (χ1n) is 7.82. The van der Waals surface area contributed by atoms with Gasteiger partial charge in [0.1, 0.15) is 0 Å². The van der Waals surface area contributed by atoms with Crippen LogP contribution in [0.25, 0.3) is 0 Å². The Balaban J connectivity index is 2.60. The second-order valence-electron chi connectivity index (χ2n) is 6.51. The minimum Gasteiger partial charge on any atom is -0.404 e. The molecule has 2 nitrogen and oxygen atoms in total. The molecule has 0 aliphatic heterocycles. The highest BCUT2D eigenvalue weighted by Gasteiger charge is 2.49. The van der Waals surface area contributed by atoms with E-state index >= 15 is 0 Å². The lowest BCUT2D eigenvalue weighted by Gasteiger charge is -2.42. The summed E-state index contributed by atoms with van der Waals surface area (Å²) in [5.41, 5.74) is 0. The van der Waals surface area contributed by atoms with Gasteiger partial charge in [-0.1, -0.05) is 81.4 Å². The SMILES string of the molecule is CC(C)(C)[Si](OC/C=C/C#N)(c1ccccc1)c1ccccc1. The lowest BCUT2D eigenvalue weighted by Crippen LogP contribution is -2.66. The monoisotopic (exact) mass is 321 g/mol. The van der Waals surface area contributed by atoms with Crippen LogP contribution in [0.4, 0.5) is 0 Å². The molecule has 2 rings (SSSR count). The van der Waals surface area contributed by atoms with Crippen LogP contribution in [0.1, 0.15) is 20.8 Å². The van der Waals surface area contributed by atoms with E-state index in [1.807, 2.05) is 18.2 Å². The van der Waals surface area contributed by atoms with Gasteiger partial charge in [-0.2, -0.15) is 5.26 Å². The van der Waals surface area contributed by atoms with Gasteiger partial charge < -0.3 is 4.43 Å². The average molecular weight is 321 g/mol. The van der Waals surface area contributed by atoms with Gasteiger partial charge in [0.15, 0.2) is 0 Å². The predicted molar refractivity (Wildman–Crippen MR) is 98.3 cm³/mol. The van der Waals surface area contributed by atoms with Gasteiger partial charge in [0.25, 0.3) is 8.32 Å². The van der Waals surface area contributed by atoms with E-state index in [0.29, 0.717) is 6.61 Å². The highest BCUT2D eigenvalue weighted by Crippen LogP contribution is 2.36. The Hall–Kier alpha value is -2.15. The van der Waals surface area contributed by atoms with E-state index in [4.69, 9.17) is 9.69 Å². The summed E-state index contributed by atoms with van der Waals surface area (Å²) < 4.78 is 6.57. The Bertz CT molecular complexity index is 642. The molecule has 2 aromatic rings. The number of allylic oxidation sites excluding steroid dienone is 1. The van der Waals surface area contributed by atoms with Crippen LogP contribution in [0.2, 0.25) is 5.04 Å². The maximum Gasteiger partial charge on any atom is 0.261 e. The molecule has 0 unspecified atom stereocenters. The van der Waals surface area contributed by atoms with Gasteiger partial charge in [0.2, 0.25) is 0 Å². The van der Waals surface area contributed by atoms with E-state index in [9.17, 15) is 0 Å². The van der Waals surface area contributed by atoms with E-state index in [0.717, 1.165) is 0 Å². The number of hydrogen-bond donors (Lipinski definition) is 0. The molecule has 0 fully saturated rings. The molecule has 0 aromatic heterocycles. The standard InChI is InChI=1S/C20H23NOSi/c1-20(2,3)23(22-17-11-10-16-21,18-12-6-4-7-13-18)19-14-8-5-9-15-19/h4-15H,17H2,1-3H3/b11-10+. The maximum atomic E-state index is 8.71. The summed E-state index contributed by atoms with van der Waals surface area (Å²) in [6, 6.07) is 23.0. The highest BCUT2D eigenvalue weighted by atomic mass is 28.4. The average Bonchev–Trinajstić information content (AvgIpc) is 2.55. The van der Waals surface area contributed by atoms with Crippen LogP contribution < -0.4 is 10.4 Å². The van der Waals surface area contributed by atoms with E-state index in [1.54, 1.807) is 6.08 Å². The van der Waals surface area contributed by atoms with Crippen molar-refractivity contribution in [2.24, 2.45) is 0 Å². The molecule has 0 atom stereocenters. The van der Waals surface area contributed by atoms with Gasteiger partial charge in [-0.05, 0) is 21.5 Å². The first kappa shape index (κ1) is 17.2. The predicted octanol–water partition coefficient (Wildman–Crippen LogP) is 3.64. The number of hydrogen-bond acceptors (Lipinski definition) is 2. The second kappa shape index (κ2) is 7.41. The third-order valence-electron chi connectivity index (χ3n) is 4.01. The lowest BCUT2D eigenvalue weighted by atomic mass is 10.2. The summed E-state index contributed by atoms with van der Waals surface area (Å²) in [7, 11) is -2.46. The fraction of sp³-hybridized carbons (Fsp3) is 0.250. The molecule has 3 heteroatoms. The van der Waals surface area contributed by atoms with Crippen molar-refractivity contribution in [1.29, 1.82) is 5.26 Å². The summed E-state index contributed by atoms with van der Waals surface area (Å²) >= 11 is 0. The van der Waals surface area contributed by atoms with Crippen LogP contribution in [0.5, 0.6) is 0 Å². The Labute approximate surface area is 140 Å². The van der Waals surface area contributed by atoms with E-state index in [2.05, 4.69) is 69.3 Å². The molecule has 0 aliphatic rings. The van der Waals surface area contributed by atoms with Gasteiger partial charge in [-0.15, -0.1) is 0 Å². The third-order valence-corrected chi connectivity index (χ3v) is 9.01. The lowest BCUT2D eigenvalue weighted by molar-refractivity contribution is 0.339. The van der Waals surface area contributed by atoms with Gasteiger partial charge in [-0.25, -0.2) is 0 Å². The normalized spacial score (nSPS) is 12.3. The summed E-state index contributed by atoms with van der Waals surface area (Å²) in [6.45, 7) is 7.18. The van der Waals surface area contributed by atoms with Crippen molar-refractivity contribution >= 4 is 18.7 Å². The van der Waals surface area contributed by atoms with Crippen LogP contribution in [0, 0.1) is 11.3 Å². The van der Waals surface area contributed by atoms with Crippen LogP contribution in [-0.2, 0) is 4.43 Å². The molecule has 0 heterocycles. The Morgan fingerprint density at radius 3 is 1.83 bits per heavy atom. The molecule has 0 N–H and O–H groups in total. The topological polar surface area (TPSA) is 33.0 Å². The zero-order chi connectivity index (χ0) is 16.8. The number of benzene rings is 2. The molecule has 118 valence electrons. The van der Waals surface area contributed by atoms with Crippen LogP contribution in [-0.4, -0.2) is 14.9 Å². The fourth-order valence-electron chi connectivity index (χ4n) is 3.04. The van der Waals surface area contributed by atoms with Crippen molar-refractivity contribution < 1.29 is 4.43 Å². The smallest absolute Gasteiger partial charge is 0.261 e. The van der Waals surface area contributed by atoms with Crippen molar-refractivity contribution in [3.8, 4) is 6.07 Å². The zero-order valence-corrected chi connectivity index (χ0v) is 15.0. The number of nitrogens with zero attached hydrogens (tertiary/aromatic N) is 1. The molecule has 0 amide bonds. The molecular weight excluding hydrogens is 298 g/mol. The maximum absolute atomic E-state index is 8.71. The summed E-state index contributed by atoms with van der Waals surface area (Å²) in [4.78, 5) is 0. The Kier molecular flexibility index (Phi) is 5.54. The van der Waals surface area contributed by atoms with Crippen LogP contribution >= 0.6 is 0 Å². The van der Waals surface area contributed by atoms with Crippen molar-refractivity contribution in [1.82, 2.24) is 0 Å². The first-order valence-corrected chi connectivity index (χ1v) is 9.73. The minimum absolute atomic E-state index is 0.0316. The molecule has 0 aliphatic carbocycles. The molecule has 2 aromatic carbocycles. The molecule has 0 saturated carbocycles. The van der Waals surface area contributed by atoms with E-state index in [1.165, 1.54) is 16.4 Å². The summed E-state index contributed by atoms with van der Waals surface area (Å²) in [5, 5.41) is 11.2. The molecule has 0 bridgehead atoms. The molecular formula is C20H23NOSi. The van der Waals surface area contributed by atoms with Gasteiger partial charge in [0, 0.05) is 6.08 Å². The van der Waals surface area contributed by atoms with Crippen molar-refractivity contribution in [2.45, 2.75) is 25.8 Å². The van der Waals surface area contributed by atoms with Gasteiger partial charge >= 0.3 is 0 Å². The van der Waals surface area contributed by atoms with E-state index < -0.39 is 8.32 Å². The second-order valence-corrected chi connectivity index (χ2v) is 10.8. The molecule has 23 heavy (non-hydrogen) atoms. The van der Waals surface area contributed by atoms with Crippen molar-refractivity contribution in [3.05, 3.63) is 72.8 Å². The molecule has 0 spiro atoms. The molecule has 0 saturated heterocycles. The number of rotatable bonds is 5.